The second-order valence-electron chi connectivity index (χ2n) is 4.26. The number of hydrogen-bond donors (Lipinski definition) is 1. The van der Waals surface area contributed by atoms with Crippen molar-refractivity contribution in [3.05, 3.63) is 29.8 Å². The van der Waals surface area contributed by atoms with Gasteiger partial charge < -0.3 is 5.32 Å². The summed E-state index contributed by atoms with van der Waals surface area (Å²) < 4.78 is 37.4. The lowest BCUT2D eigenvalue weighted by Gasteiger charge is -2.13. The van der Waals surface area contributed by atoms with Gasteiger partial charge in [-0.15, -0.1) is 0 Å². The summed E-state index contributed by atoms with van der Waals surface area (Å²) >= 11 is 0. The highest BCUT2D eigenvalue weighted by Gasteiger charge is 2.30. The fourth-order valence-corrected chi connectivity index (χ4v) is 1.60. The summed E-state index contributed by atoms with van der Waals surface area (Å²) in [5.74, 6) is -0.458. The van der Waals surface area contributed by atoms with Crippen molar-refractivity contribution in [3.63, 3.8) is 0 Å². The third-order valence-electron chi connectivity index (χ3n) is 2.63. The molecule has 0 aliphatic heterocycles. The van der Waals surface area contributed by atoms with Crippen molar-refractivity contribution in [2.75, 3.05) is 5.32 Å². The average Bonchev–Trinajstić information content (AvgIpc) is 2.28. The highest BCUT2D eigenvalue weighted by Crippen LogP contribution is 2.30. The quantitative estimate of drug-likeness (QED) is 0.867. The highest BCUT2D eigenvalue weighted by molar-refractivity contribution is 5.92. The number of halogens is 3. The SMILES string of the molecule is CCC[C@H](C)C(=O)Nc1cccc(C(F)(F)F)c1. The van der Waals surface area contributed by atoms with Crippen LogP contribution in [-0.4, -0.2) is 5.91 Å². The lowest BCUT2D eigenvalue weighted by Crippen LogP contribution is -2.20. The lowest BCUT2D eigenvalue weighted by molar-refractivity contribution is -0.137. The van der Waals surface area contributed by atoms with Crippen LogP contribution in [0.5, 0.6) is 0 Å². The largest absolute Gasteiger partial charge is 0.416 e. The molecule has 2 nitrogen and oxygen atoms in total. The Morgan fingerprint density at radius 2 is 2.06 bits per heavy atom. The minimum absolute atomic E-state index is 0.178. The molecule has 1 atom stereocenters. The Hall–Kier alpha value is -1.52. The van der Waals surface area contributed by atoms with Crippen molar-refractivity contribution in [2.24, 2.45) is 5.92 Å². The zero-order valence-electron chi connectivity index (χ0n) is 10.3. The van der Waals surface area contributed by atoms with Gasteiger partial charge in [0.15, 0.2) is 0 Å². The maximum atomic E-state index is 12.5. The number of rotatable bonds is 4. The molecule has 1 N–H and O–H groups in total. The van der Waals surface area contributed by atoms with Crippen molar-refractivity contribution in [2.45, 2.75) is 32.9 Å². The van der Waals surface area contributed by atoms with Crippen LogP contribution in [0.3, 0.4) is 0 Å². The van der Waals surface area contributed by atoms with Crippen molar-refractivity contribution in [1.82, 2.24) is 0 Å². The van der Waals surface area contributed by atoms with Crippen molar-refractivity contribution in [3.8, 4) is 0 Å². The van der Waals surface area contributed by atoms with Gasteiger partial charge in [0.25, 0.3) is 0 Å². The van der Waals surface area contributed by atoms with E-state index >= 15 is 0 Å². The first-order valence-corrected chi connectivity index (χ1v) is 5.82. The van der Waals surface area contributed by atoms with E-state index in [0.717, 1.165) is 18.6 Å². The molecule has 0 aliphatic carbocycles. The van der Waals surface area contributed by atoms with Crippen LogP contribution in [0.15, 0.2) is 24.3 Å². The van der Waals surface area contributed by atoms with Crippen LogP contribution in [0.1, 0.15) is 32.3 Å². The third-order valence-corrected chi connectivity index (χ3v) is 2.63. The minimum Gasteiger partial charge on any atom is -0.326 e. The molecule has 0 unspecified atom stereocenters. The van der Waals surface area contributed by atoms with E-state index in [-0.39, 0.29) is 17.5 Å². The van der Waals surface area contributed by atoms with Gasteiger partial charge in [0.2, 0.25) is 5.91 Å². The first-order chi connectivity index (χ1) is 8.34. The van der Waals surface area contributed by atoms with E-state index in [1.807, 2.05) is 6.92 Å². The smallest absolute Gasteiger partial charge is 0.326 e. The maximum absolute atomic E-state index is 12.5. The van der Waals surface area contributed by atoms with E-state index in [2.05, 4.69) is 5.32 Å². The summed E-state index contributed by atoms with van der Waals surface area (Å²) in [5.41, 5.74) is -0.582. The lowest BCUT2D eigenvalue weighted by atomic mass is 10.1. The number of hydrogen-bond acceptors (Lipinski definition) is 1. The summed E-state index contributed by atoms with van der Waals surface area (Å²) in [6.07, 6.45) is -2.82. The zero-order valence-corrected chi connectivity index (χ0v) is 10.3. The molecule has 0 aromatic heterocycles. The van der Waals surface area contributed by atoms with E-state index in [1.165, 1.54) is 12.1 Å². The average molecular weight is 259 g/mol. The van der Waals surface area contributed by atoms with Gasteiger partial charge in [-0.1, -0.05) is 26.3 Å². The topological polar surface area (TPSA) is 29.1 Å². The monoisotopic (exact) mass is 259 g/mol. The molecule has 1 amide bonds. The molecule has 1 aromatic carbocycles. The predicted octanol–water partition coefficient (Wildman–Crippen LogP) is 4.08. The second kappa shape index (κ2) is 5.89. The van der Waals surface area contributed by atoms with Crippen LogP contribution in [0.25, 0.3) is 0 Å². The van der Waals surface area contributed by atoms with Crippen LogP contribution in [0, 0.1) is 5.92 Å². The zero-order chi connectivity index (χ0) is 13.8. The van der Waals surface area contributed by atoms with E-state index in [9.17, 15) is 18.0 Å². The number of anilines is 1. The summed E-state index contributed by atoms with van der Waals surface area (Å²) in [4.78, 5) is 11.7. The number of amides is 1. The molecule has 0 spiro atoms. The van der Waals surface area contributed by atoms with Gasteiger partial charge in [-0.25, -0.2) is 0 Å². The number of carbonyl (C=O) groups is 1. The normalized spacial score (nSPS) is 13.2. The predicted molar refractivity (Wildman–Crippen MR) is 64.1 cm³/mol. The van der Waals surface area contributed by atoms with Crippen LogP contribution >= 0.6 is 0 Å². The molecule has 0 fully saturated rings. The number of alkyl halides is 3. The molecule has 0 bridgehead atoms. The molecule has 1 rings (SSSR count). The van der Waals surface area contributed by atoms with Gasteiger partial charge in [0.05, 0.1) is 5.56 Å². The molecular weight excluding hydrogens is 243 g/mol. The van der Waals surface area contributed by atoms with Crippen LogP contribution in [-0.2, 0) is 11.0 Å². The summed E-state index contributed by atoms with van der Waals surface area (Å²) in [6, 6.07) is 4.65. The van der Waals surface area contributed by atoms with Gasteiger partial charge in [-0.3, -0.25) is 4.79 Å². The van der Waals surface area contributed by atoms with E-state index in [4.69, 9.17) is 0 Å². The van der Waals surface area contributed by atoms with Gasteiger partial charge in [-0.05, 0) is 24.6 Å². The molecule has 5 heteroatoms. The van der Waals surface area contributed by atoms with Gasteiger partial charge in [-0.2, -0.15) is 13.2 Å². The summed E-state index contributed by atoms with van der Waals surface area (Å²) in [7, 11) is 0. The van der Waals surface area contributed by atoms with Gasteiger partial charge in [0.1, 0.15) is 0 Å². The first-order valence-electron chi connectivity index (χ1n) is 5.82. The maximum Gasteiger partial charge on any atom is 0.416 e. The van der Waals surface area contributed by atoms with Crippen LogP contribution in [0.4, 0.5) is 18.9 Å². The van der Waals surface area contributed by atoms with Crippen molar-refractivity contribution in [1.29, 1.82) is 0 Å². The van der Waals surface area contributed by atoms with Crippen molar-refractivity contribution >= 4 is 11.6 Å². The van der Waals surface area contributed by atoms with Gasteiger partial charge in [0, 0.05) is 11.6 Å². The summed E-state index contributed by atoms with van der Waals surface area (Å²) in [6.45, 7) is 3.71. The molecule has 0 aliphatic rings. The van der Waals surface area contributed by atoms with E-state index in [0.29, 0.717) is 6.42 Å². The minimum atomic E-state index is -4.39. The Labute approximate surface area is 104 Å². The number of carbonyl (C=O) groups excluding carboxylic acids is 1. The number of nitrogens with one attached hydrogen (secondary N) is 1. The Bertz CT molecular complexity index is 415. The fraction of sp³-hybridized carbons (Fsp3) is 0.462. The van der Waals surface area contributed by atoms with E-state index < -0.39 is 11.7 Å². The molecule has 1 aromatic rings. The molecular formula is C13H16F3NO. The first kappa shape index (κ1) is 14.5. The van der Waals surface area contributed by atoms with Crippen molar-refractivity contribution < 1.29 is 18.0 Å². The van der Waals surface area contributed by atoms with Crippen LogP contribution in [0.2, 0.25) is 0 Å². The Balaban J connectivity index is 2.77. The Morgan fingerprint density at radius 3 is 2.61 bits per heavy atom. The Kier molecular flexibility index (Phi) is 4.76. The molecule has 0 heterocycles. The second-order valence-corrected chi connectivity index (χ2v) is 4.26. The Morgan fingerprint density at radius 1 is 1.39 bits per heavy atom. The van der Waals surface area contributed by atoms with E-state index in [1.54, 1.807) is 6.92 Å². The molecule has 0 saturated heterocycles. The number of benzene rings is 1. The fourth-order valence-electron chi connectivity index (χ4n) is 1.60. The van der Waals surface area contributed by atoms with Crippen LogP contribution < -0.4 is 5.32 Å². The third kappa shape index (κ3) is 4.05. The molecule has 0 radical (unpaired) electrons. The highest BCUT2D eigenvalue weighted by atomic mass is 19.4. The molecule has 100 valence electrons. The standard InChI is InChI=1S/C13H16F3NO/c1-3-5-9(2)12(18)17-11-7-4-6-10(8-11)13(14,15)16/h4,6-9H,3,5H2,1-2H3,(H,17,18)/t9-/m0/s1. The summed E-state index contributed by atoms with van der Waals surface area (Å²) in [5, 5.41) is 2.50. The molecule has 18 heavy (non-hydrogen) atoms. The van der Waals surface area contributed by atoms with Gasteiger partial charge >= 0.3 is 6.18 Å². The molecule has 0 saturated carbocycles.